The van der Waals surface area contributed by atoms with Crippen LogP contribution in [0.4, 0.5) is 4.39 Å². The van der Waals surface area contributed by atoms with Crippen molar-refractivity contribution in [2.75, 3.05) is 20.1 Å². The number of carbonyl (C=O) groups excluding carboxylic acids is 2. The average molecular weight is 510 g/mol. The summed E-state index contributed by atoms with van der Waals surface area (Å²) in [7, 11) is 1.65. The summed E-state index contributed by atoms with van der Waals surface area (Å²) in [5, 5.41) is 6.22. The fourth-order valence-corrected chi connectivity index (χ4v) is 3.09. The van der Waals surface area contributed by atoms with Crippen LogP contribution in [0.15, 0.2) is 53.5 Å². The second-order valence-corrected chi connectivity index (χ2v) is 6.46. The molecule has 0 spiro atoms. The van der Waals surface area contributed by atoms with Crippen LogP contribution < -0.4 is 10.6 Å². The smallest absolute Gasteiger partial charge is 0.261 e. The van der Waals surface area contributed by atoms with Crippen LogP contribution in [0.3, 0.4) is 0 Å². The number of rotatable bonds is 7. The number of amides is 2. The van der Waals surface area contributed by atoms with Crippen LogP contribution in [0, 0.1) is 5.82 Å². The molecule has 1 aliphatic heterocycles. The maximum absolute atomic E-state index is 13.6. The Hall–Kier alpha value is -2.49. The molecule has 1 aliphatic rings. The molecule has 2 aromatic carbocycles. The number of unbranched alkanes of at least 4 members (excludes halogenated alkanes) is 1. The van der Waals surface area contributed by atoms with E-state index in [1.165, 1.54) is 11.0 Å². The van der Waals surface area contributed by atoms with Crippen molar-refractivity contribution in [3.05, 3.63) is 71.0 Å². The summed E-state index contributed by atoms with van der Waals surface area (Å²) in [6, 6.07) is 13.5. The summed E-state index contributed by atoms with van der Waals surface area (Å²) in [6.07, 6.45) is 1.44. The molecule has 0 unspecified atom stereocenters. The highest BCUT2D eigenvalue weighted by Gasteiger charge is 2.34. The van der Waals surface area contributed by atoms with E-state index in [1.807, 2.05) is 0 Å². The van der Waals surface area contributed by atoms with E-state index in [0.717, 1.165) is 6.42 Å². The van der Waals surface area contributed by atoms with Gasteiger partial charge in [0.05, 0.1) is 11.1 Å². The third-order valence-corrected chi connectivity index (χ3v) is 4.61. The first-order valence-corrected chi connectivity index (χ1v) is 9.25. The van der Waals surface area contributed by atoms with Gasteiger partial charge in [-0.2, -0.15) is 0 Å². The van der Waals surface area contributed by atoms with E-state index in [9.17, 15) is 14.0 Å². The van der Waals surface area contributed by atoms with E-state index in [-0.39, 0.29) is 41.6 Å². The van der Waals surface area contributed by atoms with Crippen molar-refractivity contribution in [3.63, 3.8) is 0 Å². The SMILES string of the molecule is CN=C(NCCCCN1C(=O)c2ccccc2C1=O)NCc1ccccc1F.I. The normalized spacial score (nSPS) is 13.2. The molecule has 2 amide bonds. The lowest BCUT2D eigenvalue weighted by Gasteiger charge is -2.15. The van der Waals surface area contributed by atoms with Crippen LogP contribution in [-0.2, 0) is 6.54 Å². The zero-order chi connectivity index (χ0) is 19.9. The van der Waals surface area contributed by atoms with Crippen LogP contribution in [0.2, 0.25) is 0 Å². The molecule has 3 rings (SSSR count). The number of fused-ring (bicyclic) bond motifs is 1. The minimum Gasteiger partial charge on any atom is -0.356 e. The number of hydrogen-bond donors (Lipinski definition) is 2. The lowest BCUT2D eigenvalue weighted by Crippen LogP contribution is -2.38. The van der Waals surface area contributed by atoms with Gasteiger partial charge in [-0.3, -0.25) is 19.5 Å². The molecule has 8 heteroatoms. The quantitative estimate of drug-likeness (QED) is 0.197. The van der Waals surface area contributed by atoms with Gasteiger partial charge < -0.3 is 10.6 Å². The Labute approximate surface area is 186 Å². The Balaban J connectivity index is 0.00000300. The minimum atomic E-state index is -0.258. The first-order chi connectivity index (χ1) is 13.6. The van der Waals surface area contributed by atoms with E-state index in [4.69, 9.17) is 0 Å². The van der Waals surface area contributed by atoms with Crippen molar-refractivity contribution in [2.45, 2.75) is 19.4 Å². The van der Waals surface area contributed by atoms with Gasteiger partial charge in [-0.1, -0.05) is 30.3 Å². The Kier molecular flexibility index (Phi) is 8.56. The highest BCUT2D eigenvalue weighted by molar-refractivity contribution is 14.0. The summed E-state index contributed by atoms with van der Waals surface area (Å²) >= 11 is 0. The zero-order valence-corrected chi connectivity index (χ0v) is 18.5. The molecule has 0 atom stereocenters. The molecule has 29 heavy (non-hydrogen) atoms. The number of imide groups is 1. The molecule has 6 nitrogen and oxygen atoms in total. The second kappa shape index (κ2) is 10.9. The number of guanidine groups is 1. The Morgan fingerprint density at radius 3 is 2.21 bits per heavy atom. The highest BCUT2D eigenvalue weighted by atomic mass is 127. The summed E-state index contributed by atoms with van der Waals surface area (Å²) in [5.41, 5.74) is 1.52. The Morgan fingerprint density at radius 2 is 1.59 bits per heavy atom. The van der Waals surface area contributed by atoms with Gasteiger partial charge in [0.1, 0.15) is 5.82 Å². The van der Waals surface area contributed by atoms with Gasteiger partial charge in [0.25, 0.3) is 11.8 Å². The van der Waals surface area contributed by atoms with Gasteiger partial charge in [0.2, 0.25) is 0 Å². The van der Waals surface area contributed by atoms with Gasteiger partial charge >= 0.3 is 0 Å². The fraction of sp³-hybridized carbons (Fsp3) is 0.286. The molecular weight excluding hydrogens is 486 g/mol. The Bertz CT molecular complexity index is 869. The second-order valence-electron chi connectivity index (χ2n) is 6.46. The van der Waals surface area contributed by atoms with Crippen LogP contribution in [0.25, 0.3) is 0 Å². The number of aliphatic imine (C=N–C) groups is 1. The lowest BCUT2D eigenvalue weighted by atomic mass is 10.1. The number of nitrogens with one attached hydrogen (secondary N) is 2. The van der Waals surface area contributed by atoms with E-state index in [2.05, 4.69) is 15.6 Å². The molecule has 0 aliphatic carbocycles. The Morgan fingerprint density at radius 1 is 0.966 bits per heavy atom. The van der Waals surface area contributed by atoms with E-state index in [1.54, 1.807) is 49.5 Å². The average Bonchev–Trinajstić information content (AvgIpc) is 2.96. The largest absolute Gasteiger partial charge is 0.356 e. The van der Waals surface area contributed by atoms with Crippen LogP contribution >= 0.6 is 24.0 Å². The maximum atomic E-state index is 13.6. The predicted octanol–water partition coefficient (Wildman–Crippen LogP) is 3.19. The fourth-order valence-electron chi connectivity index (χ4n) is 3.09. The van der Waals surface area contributed by atoms with Gasteiger partial charge in [-0.25, -0.2) is 4.39 Å². The molecule has 0 aromatic heterocycles. The van der Waals surface area contributed by atoms with Crippen LogP contribution in [0.5, 0.6) is 0 Å². The first-order valence-electron chi connectivity index (χ1n) is 9.25. The molecule has 154 valence electrons. The van der Waals surface area contributed by atoms with E-state index in [0.29, 0.717) is 48.7 Å². The molecule has 0 fully saturated rings. The summed E-state index contributed by atoms with van der Waals surface area (Å²) in [4.78, 5) is 30.0. The van der Waals surface area contributed by atoms with Gasteiger partial charge in [-0.05, 0) is 31.0 Å². The summed E-state index contributed by atoms with van der Waals surface area (Å²) < 4.78 is 13.6. The number of halogens is 2. The molecule has 2 aromatic rings. The van der Waals surface area contributed by atoms with Crippen molar-refractivity contribution >= 4 is 41.8 Å². The van der Waals surface area contributed by atoms with Crippen molar-refractivity contribution in [3.8, 4) is 0 Å². The third kappa shape index (κ3) is 5.53. The lowest BCUT2D eigenvalue weighted by molar-refractivity contribution is 0.0652. The summed E-state index contributed by atoms with van der Waals surface area (Å²) in [6.45, 7) is 1.34. The molecule has 0 bridgehead atoms. The molecule has 1 heterocycles. The molecule has 0 radical (unpaired) electrons. The topological polar surface area (TPSA) is 73.8 Å². The zero-order valence-electron chi connectivity index (χ0n) is 16.2. The molecule has 2 N–H and O–H groups in total. The van der Waals surface area contributed by atoms with Gasteiger partial charge in [0.15, 0.2) is 5.96 Å². The van der Waals surface area contributed by atoms with E-state index >= 15 is 0 Å². The number of hydrogen-bond acceptors (Lipinski definition) is 3. The van der Waals surface area contributed by atoms with Gasteiger partial charge in [-0.15, -0.1) is 24.0 Å². The molecular formula is C21H24FIN4O2. The number of carbonyl (C=O) groups is 2. The monoisotopic (exact) mass is 510 g/mol. The van der Waals surface area contributed by atoms with Crippen molar-refractivity contribution < 1.29 is 14.0 Å². The predicted molar refractivity (Wildman–Crippen MR) is 121 cm³/mol. The maximum Gasteiger partial charge on any atom is 0.261 e. The van der Waals surface area contributed by atoms with Crippen molar-refractivity contribution in [2.24, 2.45) is 4.99 Å². The third-order valence-electron chi connectivity index (χ3n) is 4.61. The standard InChI is InChI=1S/C21H23FN4O2.HI/c1-23-21(25-14-15-8-2-5-11-18(15)22)24-12-6-7-13-26-19(27)16-9-3-4-10-17(16)20(26)28;/h2-5,8-11H,6-7,12-14H2,1H3,(H2,23,24,25);1H. The number of benzene rings is 2. The van der Waals surface area contributed by atoms with Crippen molar-refractivity contribution in [1.82, 2.24) is 15.5 Å². The first kappa shape index (κ1) is 22.8. The van der Waals surface area contributed by atoms with E-state index < -0.39 is 0 Å². The van der Waals surface area contributed by atoms with Crippen molar-refractivity contribution in [1.29, 1.82) is 0 Å². The van der Waals surface area contributed by atoms with Crippen LogP contribution in [-0.4, -0.2) is 42.8 Å². The number of nitrogens with zero attached hydrogens (tertiary/aromatic N) is 2. The molecule has 0 saturated carbocycles. The highest BCUT2D eigenvalue weighted by Crippen LogP contribution is 2.22. The van der Waals surface area contributed by atoms with Crippen LogP contribution in [0.1, 0.15) is 39.1 Å². The van der Waals surface area contributed by atoms with Gasteiger partial charge in [0, 0.05) is 32.2 Å². The summed E-state index contributed by atoms with van der Waals surface area (Å²) in [5.74, 6) is -0.137. The minimum absolute atomic E-state index is 0. The molecule has 0 saturated heterocycles.